The molecule has 1 aliphatic heterocycles. The summed E-state index contributed by atoms with van der Waals surface area (Å²) in [7, 11) is 0. The molecule has 24 heavy (non-hydrogen) atoms. The van der Waals surface area contributed by atoms with E-state index in [1.807, 2.05) is 42.5 Å². The molecule has 0 aliphatic carbocycles. The van der Waals surface area contributed by atoms with E-state index in [1.165, 1.54) is 5.56 Å². The fourth-order valence-corrected chi connectivity index (χ4v) is 2.63. The third-order valence-electron chi connectivity index (χ3n) is 4.05. The summed E-state index contributed by atoms with van der Waals surface area (Å²) in [5.74, 6) is 0.307. The summed E-state index contributed by atoms with van der Waals surface area (Å²) in [6, 6.07) is 17.2. The van der Waals surface area contributed by atoms with Gasteiger partial charge < -0.3 is 15.4 Å². The van der Waals surface area contributed by atoms with Crippen molar-refractivity contribution in [1.82, 2.24) is 5.32 Å². The van der Waals surface area contributed by atoms with Crippen molar-refractivity contribution in [3.8, 4) is 5.75 Å². The Balaban J connectivity index is 1.53. The molecule has 0 spiro atoms. The van der Waals surface area contributed by atoms with Crippen molar-refractivity contribution in [2.24, 2.45) is 0 Å². The number of fused-ring (bicyclic) bond motifs is 1. The Morgan fingerprint density at radius 1 is 1.17 bits per heavy atom. The molecule has 2 aromatic rings. The van der Waals surface area contributed by atoms with Gasteiger partial charge >= 0.3 is 0 Å². The third kappa shape index (κ3) is 3.74. The predicted molar refractivity (Wildman–Crippen MR) is 92.0 cm³/mol. The summed E-state index contributed by atoms with van der Waals surface area (Å²) in [4.78, 5) is 24.2. The number of carbonyl (C=O) groups is 2. The van der Waals surface area contributed by atoms with Gasteiger partial charge in [-0.15, -0.1) is 0 Å². The molecule has 1 aliphatic rings. The highest BCUT2D eigenvalue weighted by Crippen LogP contribution is 2.29. The minimum absolute atomic E-state index is 0.00166. The predicted octanol–water partition coefficient (Wildman–Crippen LogP) is 2.70. The Morgan fingerprint density at radius 2 is 1.88 bits per heavy atom. The SMILES string of the molecule is CC(CNC(=O)CC1Oc2ccccc2NC1=O)c1ccccc1. The van der Waals surface area contributed by atoms with Gasteiger partial charge in [0.1, 0.15) is 5.75 Å². The Labute approximate surface area is 141 Å². The first kappa shape index (κ1) is 16.1. The molecule has 2 unspecified atom stereocenters. The van der Waals surface area contributed by atoms with Gasteiger partial charge in [0.05, 0.1) is 12.1 Å². The number of carbonyl (C=O) groups excluding carboxylic acids is 2. The molecule has 3 rings (SSSR count). The van der Waals surface area contributed by atoms with Crippen LogP contribution in [0.4, 0.5) is 5.69 Å². The molecule has 124 valence electrons. The lowest BCUT2D eigenvalue weighted by atomic mass is 10.0. The van der Waals surface area contributed by atoms with Crippen molar-refractivity contribution in [3.63, 3.8) is 0 Å². The minimum Gasteiger partial charge on any atom is -0.478 e. The van der Waals surface area contributed by atoms with Gasteiger partial charge in [0.2, 0.25) is 5.91 Å². The van der Waals surface area contributed by atoms with Gasteiger partial charge in [-0.3, -0.25) is 9.59 Å². The van der Waals surface area contributed by atoms with E-state index in [1.54, 1.807) is 12.1 Å². The summed E-state index contributed by atoms with van der Waals surface area (Å²) in [5, 5.41) is 5.64. The monoisotopic (exact) mass is 324 g/mol. The van der Waals surface area contributed by atoms with Crippen LogP contribution in [-0.4, -0.2) is 24.5 Å². The maximum Gasteiger partial charge on any atom is 0.266 e. The Hall–Kier alpha value is -2.82. The zero-order chi connectivity index (χ0) is 16.9. The fraction of sp³-hybridized carbons (Fsp3) is 0.263. The van der Waals surface area contributed by atoms with E-state index in [-0.39, 0.29) is 24.2 Å². The zero-order valence-corrected chi connectivity index (χ0v) is 13.5. The quantitative estimate of drug-likeness (QED) is 0.888. The molecule has 0 radical (unpaired) electrons. The number of anilines is 1. The summed E-state index contributed by atoms with van der Waals surface area (Å²) in [6.45, 7) is 2.57. The topological polar surface area (TPSA) is 67.4 Å². The first-order valence-corrected chi connectivity index (χ1v) is 8.01. The molecule has 2 aromatic carbocycles. The molecule has 2 atom stereocenters. The van der Waals surface area contributed by atoms with E-state index in [0.29, 0.717) is 18.0 Å². The molecule has 5 nitrogen and oxygen atoms in total. The molecule has 1 heterocycles. The largest absolute Gasteiger partial charge is 0.478 e. The van der Waals surface area contributed by atoms with Gasteiger partial charge in [-0.25, -0.2) is 0 Å². The number of rotatable bonds is 5. The second kappa shape index (κ2) is 7.17. The van der Waals surface area contributed by atoms with Crippen molar-refractivity contribution in [1.29, 1.82) is 0 Å². The molecule has 2 N–H and O–H groups in total. The highest BCUT2D eigenvalue weighted by molar-refractivity contribution is 5.99. The lowest BCUT2D eigenvalue weighted by molar-refractivity contribution is -0.130. The van der Waals surface area contributed by atoms with Crippen molar-refractivity contribution < 1.29 is 14.3 Å². The summed E-state index contributed by atoms with van der Waals surface area (Å²) in [6.07, 6.45) is -0.797. The number of benzene rings is 2. The lowest BCUT2D eigenvalue weighted by Crippen LogP contribution is -2.41. The average molecular weight is 324 g/mol. The maximum atomic E-state index is 12.1. The van der Waals surface area contributed by atoms with Crippen LogP contribution in [0.25, 0.3) is 0 Å². The van der Waals surface area contributed by atoms with Crippen molar-refractivity contribution in [2.75, 3.05) is 11.9 Å². The summed E-state index contributed by atoms with van der Waals surface area (Å²) >= 11 is 0. The smallest absolute Gasteiger partial charge is 0.266 e. The van der Waals surface area contributed by atoms with Crippen molar-refractivity contribution in [2.45, 2.75) is 25.4 Å². The molecular formula is C19H20N2O3. The van der Waals surface area contributed by atoms with E-state index in [0.717, 1.165) is 0 Å². The van der Waals surface area contributed by atoms with Crippen LogP contribution in [0.15, 0.2) is 54.6 Å². The lowest BCUT2D eigenvalue weighted by Gasteiger charge is -2.25. The molecule has 2 amide bonds. The average Bonchev–Trinajstić information content (AvgIpc) is 2.61. The van der Waals surface area contributed by atoms with Gasteiger partial charge in [-0.05, 0) is 23.6 Å². The van der Waals surface area contributed by atoms with Crippen LogP contribution < -0.4 is 15.4 Å². The van der Waals surface area contributed by atoms with E-state index < -0.39 is 6.10 Å². The van der Waals surface area contributed by atoms with Crippen LogP contribution in [0, 0.1) is 0 Å². The second-order valence-electron chi connectivity index (χ2n) is 5.91. The van der Waals surface area contributed by atoms with Crippen LogP contribution in [-0.2, 0) is 9.59 Å². The number of ether oxygens (including phenoxy) is 1. The van der Waals surface area contributed by atoms with Crippen molar-refractivity contribution in [3.05, 3.63) is 60.2 Å². The van der Waals surface area contributed by atoms with Gasteiger partial charge in [0.25, 0.3) is 5.91 Å². The van der Waals surface area contributed by atoms with Crippen molar-refractivity contribution >= 4 is 17.5 Å². The number of amides is 2. The normalized spacial score (nSPS) is 17.2. The van der Waals surface area contributed by atoms with Crippen LogP contribution in [0.2, 0.25) is 0 Å². The molecule has 0 fully saturated rings. The first-order chi connectivity index (χ1) is 11.6. The molecule has 0 bridgehead atoms. The standard InChI is InChI=1S/C19H20N2O3/c1-13(14-7-3-2-4-8-14)12-20-18(22)11-17-19(23)21-15-9-5-6-10-16(15)24-17/h2-10,13,17H,11-12H2,1H3,(H,20,22)(H,21,23). The van der Waals surface area contributed by atoms with Crippen LogP contribution in [0.1, 0.15) is 24.8 Å². The zero-order valence-electron chi connectivity index (χ0n) is 13.5. The van der Waals surface area contributed by atoms with E-state index in [2.05, 4.69) is 17.6 Å². The van der Waals surface area contributed by atoms with Crippen LogP contribution in [0.5, 0.6) is 5.75 Å². The van der Waals surface area contributed by atoms with Crippen LogP contribution >= 0.6 is 0 Å². The molecule has 0 aromatic heterocycles. The highest BCUT2D eigenvalue weighted by Gasteiger charge is 2.29. The number of hydrogen-bond donors (Lipinski definition) is 2. The van der Waals surface area contributed by atoms with Gasteiger partial charge in [-0.1, -0.05) is 49.4 Å². The Kier molecular flexibility index (Phi) is 4.79. The van der Waals surface area contributed by atoms with Gasteiger partial charge in [0, 0.05) is 6.54 Å². The van der Waals surface area contributed by atoms with E-state index in [9.17, 15) is 9.59 Å². The van der Waals surface area contributed by atoms with E-state index >= 15 is 0 Å². The third-order valence-corrected chi connectivity index (χ3v) is 4.05. The fourth-order valence-electron chi connectivity index (χ4n) is 2.63. The molecule has 0 saturated heterocycles. The Morgan fingerprint density at radius 3 is 2.67 bits per heavy atom. The highest BCUT2D eigenvalue weighted by atomic mass is 16.5. The summed E-state index contributed by atoms with van der Waals surface area (Å²) < 4.78 is 5.63. The number of hydrogen-bond acceptors (Lipinski definition) is 3. The van der Waals surface area contributed by atoms with E-state index in [4.69, 9.17) is 4.74 Å². The second-order valence-corrected chi connectivity index (χ2v) is 5.91. The Bertz CT molecular complexity index is 730. The van der Waals surface area contributed by atoms with Crippen LogP contribution in [0.3, 0.4) is 0 Å². The number of nitrogens with one attached hydrogen (secondary N) is 2. The molecule has 5 heteroatoms. The van der Waals surface area contributed by atoms with Gasteiger partial charge in [-0.2, -0.15) is 0 Å². The number of para-hydroxylation sites is 2. The molecular weight excluding hydrogens is 304 g/mol. The van der Waals surface area contributed by atoms with Gasteiger partial charge in [0.15, 0.2) is 6.10 Å². The molecule has 0 saturated carbocycles. The summed E-state index contributed by atoms with van der Waals surface area (Å²) in [5.41, 5.74) is 1.80. The first-order valence-electron chi connectivity index (χ1n) is 8.01. The maximum absolute atomic E-state index is 12.1. The minimum atomic E-state index is -0.799.